The monoisotopic (exact) mass is 270 g/mol. The first kappa shape index (κ1) is 15.2. The molecule has 0 unspecified atom stereocenters. The summed E-state index contributed by atoms with van der Waals surface area (Å²) in [5, 5.41) is 26.6. The van der Waals surface area contributed by atoms with Crippen LogP contribution in [0.3, 0.4) is 0 Å². The lowest BCUT2D eigenvalue weighted by Gasteiger charge is -2.22. The summed E-state index contributed by atoms with van der Waals surface area (Å²) in [4.78, 5) is 17.5. The van der Waals surface area contributed by atoms with Crippen LogP contribution in [0.25, 0.3) is 0 Å². The van der Waals surface area contributed by atoms with Crippen LogP contribution in [0.1, 0.15) is 25.2 Å². The zero-order chi connectivity index (χ0) is 15.1. The van der Waals surface area contributed by atoms with Crippen LogP contribution in [0, 0.1) is 39.9 Å². The molecule has 1 aromatic heterocycles. The average Bonchev–Trinajstić information content (AvgIpc) is 2.85. The molecule has 1 rings (SSSR count). The molecule has 1 heterocycles. The minimum Gasteiger partial charge on any atom is -0.340 e. The van der Waals surface area contributed by atoms with E-state index in [9.17, 15) is 4.79 Å². The summed E-state index contributed by atoms with van der Waals surface area (Å²) in [7, 11) is 0. The predicted molar refractivity (Wildman–Crippen MR) is 68.7 cm³/mol. The summed E-state index contributed by atoms with van der Waals surface area (Å²) in [6, 6.07) is 5.74. The summed E-state index contributed by atoms with van der Waals surface area (Å²) >= 11 is 0. The van der Waals surface area contributed by atoms with E-state index in [1.165, 1.54) is 10.9 Å². The van der Waals surface area contributed by atoms with Gasteiger partial charge in [-0.3, -0.25) is 4.79 Å². The van der Waals surface area contributed by atoms with Gasteiger partial charge < -0.3 is 9.47 Å². The number of aromatic nitrogens is 2. The topological polar surface area (TPSA) is 110 Å². The van der Waals surface area contributed by atoms with Crippen LogP contribution in [0.2, 0.25) is 0 Å². The van der Waals surface area contributed by atoms with Gasteiger partial charge in [-0.25, -0.2) is 4.98 Å². The Bertz CT molecular complexity index is 612. The first-order chi connectivity index (χ1) is 9.57. The van der Waals surface area contributed by atoms with Gasteiger partial charge in [0.15, 0.2) is 11.4 Å². The van der Waals surface area contributed by atoms with Crippen LogP contribution in [-0.4, -0.2) is 33.4 Å². The van der Waals surface area contributed by atoms with E-state index in [0.717, 1.165) is 0 Å². The number of hydrogen-bond acceptors (Lipinski definition) is 5. The summed E-state index contributed by atoms with van der Waals surface area (Å²) in [5.74, 6) is -0.472. The number of likely N-dealkylation sites (N-methyl/N-ethyl adjacent to an activating group) is 1. The van der Waals surface area contributed by atoms with Gasteiger partial charge in [-0.2, -0.15) is 15.8 Å². The maximum Gasteiger partial charge on any atom is 0.242 e. The van der Waals surface area contributed by atoms with Gasteiger partial charge in [-0.05, 0) is 13.8 Å². The van der Waals surface area contributed by atoms with E-state index in [2.05, 4.69) is 11.1 Å². The predicted octanol–water partition coefficient (Wildman–Crippen LogP) is 0.635. The Balaban J connectivity index is 2.85. The molecule has 0 radical (unpaired) electrons. The Labute approximate surface area is 117 Å². The van der Waals surface area contributed by atoms with Crippen molar-refractivity contribution in [3.8, 4) is 18.2 Å². The molecule has 0 aliphatic rings. The highest BCUT2D eigenvalue weighted by Gasteiger charge is 2.18. The molecule has 0 aliphatic heterocycles. The van der Waals surface area contributed by atoms with E-state index in [1.807, 2.05) is 13.0 Å². The molecule has 1 aromatic rings. The van der Waals surface area contributed by atoms with E-state index in [4.69, 9.17) is 15.8 Å². The quantitative estimate of drug-likeness (QED) is 0.779. The van der Waals surface area contributed by atoms with Crippen molar-refractivity contribution in [1.82, 2.24) is 14.5 Å². The number of nitrogens with zero attached hydrogens (tertiary/aromatic N) is 6. The van der Waals surface area contributed by atoms with Gasteiger partial charge >= 0.3 is 0 Å². The molecule has 0 spiro atoms. The molecular formula is C13H14N6O. The van der Waals surface area contributed by atoms with Crippen LogP contribution in [0.15, 0.2) is 6.33 Å². The van der Waals surface area contributed by atoms with Gasteiger partial charge in [-0.15, -0.1) is 0 Å². The lowest BCUT2D eigenvalue weighted by molar-refractivity contribution is -0.132. The molecule has 0 saturated heterocycles. The number of carbonyl (C=O) groups is 1. The van der Waals surface area contributed by atoms with Crippen LogP contribution in [0.4, 0.5) is 0 Å². The Hall–Kier alpha value is -2.85. The molecule has 7 heteroatoms. The second-order valence-electron chi connectivity index (χ2n) is 4.26. The van der Waals surface area contributed by atoms with E-state index in [1.54, 1.807) is 17.9 Å². The maximum absolute atomic E-state index is 12.1. The third-order valence-corrected chi connectivity index (χ3v) is 2.80. The molecule has 1 atom stereocenters. The van der Waals surface area contributed by atoms with E-state index >= 15 is 0 Å². The zero-order valence-electron chi connectivity index (χ0n) is 11.4. The lowest BCUT2D eigenvalue weighted by atomic mass is 10.2. The number of carbonyl (C=O) groups excluding carboxylic acids is 1. The molecule has 0 N–H and O–H groups in total. The Morgan fingerprint density at radius 1 is 1.45 bits per heavy atom. The fourth-order valence-corrected chi connectivity index (χ4v) is 1.73. The first-order valence-electron chi connectivity index (χ1n) is 6.10. The number of rotatable bonds is 5. The molecule has 0 bridgehead atoms. The second kappa shape index (κ2) is 6.92. The average molecular weight is 270 g/mol. The first-order valence-corrected chi connectivity index (χ1v) is 6.10. The molecule has 1 amide bonds. The van der Waals surface area contributed by atoms with Crippen molar-refractivity contribution < 1.29 is 4.79 Å². The van der Waals surface area contributed by atoms with Crippen molar-refractivity contribution >= 4 is 5.91 Å². The summed E-state index contributed by atoms with van der Waals surface area (Å²) in [6.07, 6.45) is 1.30. The van der Waals surface area contributed by atoms with Crippen LogP contribution >= 0.6 is 0 Å². The van der Waals surface area contributed by atoms with Crippen LogP contribution < -0.4 is 0 Å². The molecule has 0 aliphatic carbocycles. The van der Waals surface area contributed by atoms with Crippen molar-refractivity contribution in [2.45, 2.75) is 20.4 Å². The lowest BCUT2D eigenvalue weighted by Crippen LogP contribution is -2.36. The van der Waals surface area contributed by atoms with Gasteiger partial charge in [0.05, 0.1) is 18.3 Å². The van der Waals surface area contributed by atoms with Crippen molar-refractivity contribution in [2.75, 3.05) is 13.1 Å². The number of imidazole rings is 1. The normalized spacial score (nSPS) is 10.9. The van der Waals surface area contributed by atoms with Crippen molar-refractivity contribution in [3.63, 3.8) is 0 Å². The van der Waals surface area contributed by atoms with Gasteiger partial charge in [0, 0.05) is 13.1 Å². The molecule has 20 heavy (non-hydrogen) atoms. The standard InChI is InChI=1S/C13H14N6O/c1-3-18(7-10(2)4-14)13(20)8-19-9-17-11(5-15)12(19)6-16/h9-10H,3,7-8H2,1-2H3/t10-/m1/s1. The highest BCUT2D eigenvalue weighted by Crippen LogP contribution is 2.07. The second-order valence-corrected chi connectivity index (χ2v) is 4.26. The van der Waals surface area contributed by atoms with Crippen molar-refractivity contribution in [1.29, 1.82) is 15.8 Å². The van der Waals surface area contributed by atoms with Crippen LogP contribution in [-0.2, 0) is 11.3 Å². The summed E-state index contributed by atoms with van der Waals surface area (Å²) < 4.78 is 1.35. The molecule has 102 valence electrons. The highest BCUT2D eigenvalue weighted by molar-refractivity contribution is 5.76. The third-order valence-electron chi connectivity index (χ3n) is 2.80. The van der Waals surface area contributed by atoms with Crippen molar-refractivity contribution in [3.05, 3.63) is 17.7 Å². The third kappa shape index (κ3) is 3.34. The largest absolute Gasteiger partial charge is 0.340 e. The fourth-order valence-electron chi connectivity index (χ4n) is 1.73. The van der Waals surface area contributed by atoms with E-state index in [0.29, 0.717) is 13.1 Å². The minimum absolute atomic E-state index is 0.00809. The van der Waals surface area contributed by atoms with Gasteiger partial charge in [0.25, 0.3) is 0 Å². The van der Waals surface area contributed by atoms with E-state index in [-0.39, 0.29) is 29.8 Å². The summed E-state index contributed by atoms with van der Waals surface area (Å²) in [6.45, 7) is 4.31. The molecule has 7 nitrogen and oxygen atoms in total. The number of nitriles is 3. The van der Waals surface area contributed by atoms with Gasteiger partial charge in [-0.1, -0.05) is 0 Å². The molecular weight excluding hydrogens is 256 g/mol. The Kier molecular flexibility index (Phi) is 5.26. The highest BCUT2D eigenvalue weighted by atomic mass is 16.2. The number of hydrogen-bond donors (Lipinski definition) is 0. The minimum atomic E-state index is -0.258. The Morgan fingerprint density at radius 3 is 2.65 bits per heavy atom. The van der Waals surface area contributed by atoms with Gasteiger partial charge in [0.1, 0.15) is 18.7 Å². The van der Waals surface area contributed by atoms with E-state index < -0.39 is 0 Å². The SMILES string of the molecule is CCN(C[C@H](C)C#N)C(=O)Cn1cnc(C#N)c1C#N. The smallest absolute Gasteiger partial charge is 0.242 e. The summed E-state index contributed by atoms with van der Waals surface area (Å²) in [5.41, 5.74) is 0.0824. The van der Waals surface area contributed by atoms with Gasteiger partial charge in [0.2, 0.25) is 5.91 Å². The maximum atomic E-state index is 12.1. The van der Waals surface area contributed by atoms with Crippen LogP contribution in [0.5, 0.6) is 0 Å². The molecule has 0 saturated carbocycles. The Morgan fingerprint density at radius 2 is 2.15 bits per heavy atom. The number of amides is 1. The molecule has 0 aromatic carbocycles. The fraction of sp³-hybridized carbons (Fsp3) is 0.462. The molecule has 0 fully saturated rings. The van der Waals surface area contributed by atoms with Crippen molar-refractivity contribution in [2.24, 2.45) is 5.92 Å². The zero-order valence-corrected chi connectivity index (χ0v) is 11.4.